The van der Waals surface area contributed by atoms with Gasteiger partial charge in [-0.3, -0.25) is 0 Å². The molecule has 3 aliphatic rings. The van der Waals surface area contributed by atoms with Crippen LogP contribution in [0.4, 0.5) is 10.5 Å². The second kappa shape index (κ2) is 8.97. The molecule has 0 spiro atoms. The number of amides is 1. The average molecular weight is 483 g/mol. The summed E-state index contributed by atoms with van der Waals surface area (Å²) < 4.78 is 6.04. The van der Waals surface area contributed by atoms with E-state index < -0.39 is 5.60 Å². The van der Waals surface area contributed by atoms with Crippen LogP contribution in [0.1, 0.15) is 54.7 Å². The van der Waals surface area contributed by atoms with E-state index in [1.807, 2.05) is 31.1 Å². The molecule has 0 aromatic heterocycles. The highest BCUT2D eigenvalue weighted by atomic mass is 16.6. The van der Waals surface area contributed by atoms with Gasteiger partial charge >= 0.3 is 6.09 Å². The third kappa shape index (κ3) is 3.86. The van der Waals surface area contributed by atoms with E-state index in [4.69, 9.17) is 4.74 Å². The predicted molar refractivity (Wildman–Crippen MR) is 142 cm³/mol. The van der Waals surface area contributed by atoms with Gasteiger partial charge in [-0.05, 0) is 59.2 Å². The Balaban J connectivity index is 1.20. The fourth-order valence-electron chi connectivity index (χ4n) is 6.71. The van der Waals surface area contributed by atoms with Crippen LogP contribution in [0.25, 0.3) is 11.1 Å². The number of nitrogens with zero attached hydrogens (tertiary/aromatic N) is 2. The quantitative estimate of drug-likeness (QED) is 0.503. The highest BCUT2D eigenvalue weighted by molar-refractivity contribution is 5.79. The molecule has 2 aliphatic heterocycles. The number of anilines is 1. The SMILES string of the molecule is CN(C)c1cccc(C2(O)CC3CCCC(C2)N3C(=O)OCC2c3ccccc3-c3ccccc32)c1. The molecule has 2 atom stereocenters. The molecule has 6 rings (SSSR count). The zero-order valence-corrected chi connectivity index (χ0v) is 21.1. The van der Waals surface area contributed by atoms with E-state index in [1.165, 1.54) is 22.3 Å². The highest BCUT2D eigenvalue weighted by Gasteiger charge is 2.49. The first kappa shape index (κ1) is 23.1. The Labute approximate surface area is 213 Å². The van der Waals surface area contributed by atoms with Crippen LogP contribution in [0.15, 0.2) is 72.8 Å². The molecule has 3 aromatic carbocycles. The minimum Gasteiger partial charge on any atom is -0.448 e. The Bertz CT molecular complexity index is 1230. The van der Waals surface area contributed by atoms with Gasteiger partial charge in [0.25, 0.3) is 0 Å². The molecule has 2 saturated heterocycles. The Morgan fingerprint density at radius 1 is 0.944 bits per heavy atom. The van der Waals surface area contributed by atoms with E-state index in [9.17, 15) is 9.90 Å². The summed E-state index contributed by atoms with van der Waals surface area (Å²) >= 11 is 0. The fraction of sp³-hybridized carbons (Fsp3) is 0.387. The maximum atomic E-state index is 13.5. The van der Waals surface area contributed by atoms with Gasteiger partial charge in [-0.2, -0.15) is 0 Å². The Morgan fingerprint density at radius 2 is 1.56 bits per heavy atom. The molecule has 1 aliphatic carbocycles. The van der Waals surface area contributed by atoms with Crippen molar-refractivity contribution in [2.75, 3.05) is 25.6 Å². The number of ether oxygens (including phenoxy) is 1. The number of rotatable bonds is 4. The van der Waals surface area contributed by atoms with Crippen LogP contribution in [-0.2, 0) is 10.3 Å². The number of fused-ring (bicyclic) bond motifs is 5. The summed E-state index contributed by atoms with van der Waals surface area (Å²) in [6, 6.07) is 25.0. The zero-order chi connectivity index (χ0) is 24.9. The molecule has 2 unspecified atom stereocenters. The van der Waals surface area contributed by atoms with Gasteiger partial charge < -0.3 is 19.6 Å². The normalized spacial score (nSPS) is 24.7. The molecule has 1 amide bonds. The lowest BCUT2D eigenvalue weighted by Crippen LogP contribution is -2.59. The first-order valence-electron chi connectivity index (χ1n) is 13.1. The smallest absolute Gasteiger partial charge is 0.410 e. The third-order valence-corrected chi connectivity index (χ3v) is 8.45. The summed E-state index contributed by atoms with van der Waals surface area (Å²) in [5.41, 5.74) is 5.99. The van der Waals surface area contributed by atoms with Crippen LogP contribution in [-0.4, -0.2) is 48.9 Å². The third-order valence-electron chi connectivity index (χ3n) is 8.45. The van der Waals surface area contributed by atoms with Crippen molar-refractivity contribution in [1.82, 2.24) is 4.90 Å². The van der Waals surface area contributed by atoms with Crippen molar-refractivity contribution < 1.29 is 14.6 Å². The first-order chi connectivity index (χ1) is 17.4. The summed E-state index contributed by atoms with van der Waals surface area (Å²) in [4.78, 5) is 17.5. The minimum absolute atomic E-state index is 0.0128. The molecule has 2 bridgehead atoms. The van der Waals surface area contributed by atoms with Gasteiger partial charge in [-0.1, -0.05) is 60.7 Å². The number of carbonyl (C=O) groups is 1. The van der Waals surface area contributed by atoms with Crippen molar-refractivity contribution in [2.45, 2.75) is 55.7 Å². The van der Waals surface area contributed by atoms with E-state index in [0.717, 1.165) is 30.5 Å². The number of aliphatic hydroxyl groups is 1. The van der Waals surface area contributed by atoms with E-state index in [0.29, 0.717) is 19.4 Å². The van der Waals surface area contributed by atoms with Gasteiger partial charge in [0.15, 0.2) is 0 Å². The lowest BCUT2D eigenvalue weighted by atomic mass is 9.72. The van der Waals surface area contributed by atoms with Crippen molar-refractivity contribution >= 4 is 11.8 Å². The number of hydrogen-bond donors (Lipinski definition) is 1. The molecular weight excluding hydrogens is 448 g/mol. The second-order valence-electron chi connectivity index (χ2n) is 10.8. The molecule has 5 heteroatoms. The molecule has 5 nitrogen and oxygen atoms in total. The fourth-order valence-corrected chi connectivity index (χ4v) is 6.71. The van der Waals surface area contributed by atoms with Crippen molar-refractivity contribution in [1.29, 1.82) is 0 Å². The number of benzene rings is 3. The summed E-state index contributed by atoms with van der Waals surface area (Å²) in [5.74, 6) is 0.0525. The lowest BCUT2D eigenvalue weighted by molar-refractivity contribution is -0.0890. The summed E-state index contributed by atoms with van der Waals surface area (Å²) in [5, 5.41) is 11.8. The largest absolute Gasteiger partial charge is 0.448 e. The Kier molecular flexibility index (Phi) is 5.76. The van der Waals surface area contributed by atoms with Gasteiger partial charge in [0, 0.05) is 50.6 Å². The van der Waals surface area contributed by atoms with Crippen LogP contribution in [0, 0.1) is 0 Å². The summed E-state index contributed by atoms with van der Waals surface area (Å²) in [7, 11) is 4.02. The minimum atomic E-state index is -0.929. The molecule has 0 saturated carbocycles. The maximum absolute atomic E-state index is 13.5. The lowest BCUT2D eigenvalue weighted by Gasteiger charge is -2.51. The van der Waals surface area contributed by atoms with Crippen molar-refractivity contribution in [3.05, 3.63) is 89.5 Å². The average Bonchev–Trinajstić information content (AvgIpc) is 3.20. The molecule has 0 radical (unpaired) electrons. The van der Waals surface area contributed by atoms with E-state index in [1.54, 1.807) is 0 Å². The van der Waals surface area contributed by atoms with Crippen molar-refractivity contribution in [3.63, 3.8) is 0 Å². The van der Waals surface area contributed by atoms with Gasteiger partial charge in [0.2, 0.25) is 0 Å². The summed E-state index contributed by atoms with van der Waals surface area (Å²) in [6.45, 7) is 0.331. The number of hydrogen-bond acceptors (Lipinski definition) is 4. The molecule has 1 N–H and O–H groups in total. The maximum Gasteiger partial charge on any atom is 0.410 e. The first-order valence-corrected chi connectivity index (χ1v) is 13.1. The van der Waals surface area contributed by atoms with Gasteiger partial charge in [-0.25, -0.2) is 4.79 Å². The highest BCUT2D eigenvalue weighted by Crippen LogP contribution is 2.47. The van der Waals surface area contributed by atoms with E-state index in [2.05, 4.69) is 65.6 Å². The Hall–Kier alpha value is -3.31. The van der Waals surface area contributed by atoms with Crippen LogP contribution in [0.3, 0.4) is 0 Å². The predicted octanol–water partition coefficient (Wildman–Crippen LogP) is 5.91. The van der Waals surface area contributed by atoms with E-state index in [-0.39, 0.29) is 24.1 Å². The van der Waals surface area contributed by atoms with Gasteiger partial charge in [-0.15, -0.1) is 0 Å². The van der Waals surface area contributed by atoms with Crippen LogP contribution < -0.4 is 4.90 Å². The van der Waals surface area contributed by atoms with Gasteiger partial charge in [0.05, 0.1) is 5.60 Å². The Morgan fingerprint density at radius 3 is 2.17 bits per heavy atom. The number of carbonyl (C=O) groups excluding carboxylic acids is 1. The van der Waals surface area contributed by atoms with Crippen LogP contribution >= 0.6 is 0 Å². The molecule has 36 heavy (non-hydrogen) atoms. The van der Waals surface area contributed by atoms with Crippen molar-refractivity contribution in [2.24, 2.45) is 0 Å². The molecule has 2 fully saturated rings. The molecule has 3 aromatic rings. The van der Waals surface area contributed by atoms with Crippen LogP contribution in [0.5, 0.6) is 0 Å². The second-order valence-corrected chi connectivity index (χ2v) is 10.8. The standard InChI is InChI=1S/C31H34N2O3/c1-32(2)22-10-7-9-21(17-22)31(35)18-23-11-8-12-24(19-31)33(23)30(34)36-20-29-27-15-5-3-13-25(27)26-14-4-6-16-28(26)29/h3-7,9-10,13-17,23-24,29,35H,8,11-12,18-20H2,1-2H3. The van der Waals surface area contributed by atoms with Gasteiger partial charge in [0.1, 0.15) is 6.61 Å². The summed E-state index contributed by atoms with van der Waals surface area (Å²) in [6.07, 6.45) is 3.73. The monoisotopic (exact) mass is 482 g/mol. The number of piperidine rings is 2. The molecule has 2 heterocycles. The zero-order valence-electron chi connectivity index (χ0n) is 21.1. The topological polar surface area (TPSA) is 53.0 Å². The van der Waals surface area contributed by atoms with E-state index >= 15 is 0 Å². The molecule has 186 valence electrons. The van der Waals surface area contributed by atoms with Crippen molar-refractivity contribution in [3.8, 4) is 11.1 Å². The van der Waals surface area contributed by atoms with Crippen LogP contribution in [0.2, 0.25) is 0 Å². The molecular formula is C31H34N2O3.